The number of thiophene rings is 1. The van der Waals surface area contributed by atoms with Gasteiger partial charge in [0.2, 0.25) is 0 Å². The van der Waals surface area contributed by atoms with E-state index in [-0.39, 0.29) is 41.7 Å². The van der Waals surface area contributed by atoms with Gasteiger partial charge in [-0.15, -0.1) is 11.3 Å². The van der Waals surface area contributed by atoms with Gasteiger partial charge in [-0.25, -0.2) is 0 Å². The first-order valence-corrected chi connectivity index (χ1v) is 45.3. The number of furan rings is 2. The molecule has 30 rings (SSSR count). The fourth-order valence-corrected chi connectivity index (χ4v) is 21.8. The molecule has 0 radical (unpaired) electrons. The highest BCUT2D eigenvalue weighted by molar-refractivity contribution is 7.25. The number of hydrogen-bond donors (Lipinski definition) is 0. The molecule has 0 saturated carbocycles. The lowest BCUT2D eigenvalue weighted by atomic mass is 9.35. The molecule has 0 N–H and O–H groups in total. The maximum Gasteiger partial charge on any atom is 0.260 e. The van der Waals surface area contributed by atoms with Crippen molar-refractivity contribution in [2.45, 2.75) is 14.9 Å². The van der Waals surface area contributed by atoms with Crippen molar-refractivity contribution in [3.05, 3.63) is 419 Å². The van der Waals surface area contributed by atoms with Gasteiger partial charge in [-0.3, -0.25) is 0 Å². The molecular formula is C118H77B4NO10S. The highest BCUT2D eigenvalue weighted by atomic mass is 32.1. The Kier molecular flexibility index (Phi) is 19.0. The van der Waals surface area contributed by atoms with Crippen LogP contribution in [0.4, 0.5) is 17.1 Å². The molecule has 16 heteroatoms. The topological polar surface area (TPSA) is 103 Å². The van der Waals surface area contributed by atoms with E-state index in [1.807, 2.05) is 139 Å². The van der Waals surface area contributed by atoms with Gasteiger partial charge in [0.25, 0.3) is 26.9 Å². The van der Waals surface area contributed by atoms with Crippen molar-refractivity contribution < 1.29 is 46.7 Å². The van der Waals surface area contributed by atoms with E-state index in [1.165, 1.54) is 63.9 Å². The van der Waals surface area contributed by atoms with Crippen molar-refractivity contribution in [2.75, 3.05) is 4.90 Å². The summed E-state index contributed by atoms with van der Waals surface area (Å²) in [5, 5.41) is 5.90. The predicted molar refractivity (Wildman–Crippen MR) is 551 cm³/mol. The van der Waals surface area contributed by atoms with Crippen LogP contribution in [0.3, 0.4) is 0 Å². The van der Waals surface area contributed by atoms with Gasteiger partial charge in [0.05, 0.1) is 5.69 Å². The molecule has 0 spiro atoms. The van der Waals surface area contributed by atoms with Crippen molar-refractivity contribution in [3.8, 4) is 126 Å². The summed E-state index contributed by atoms with van der Waals surface area (Å²) in [5.41, 5.74) is 24.9. The standard InChI is InChI=1S/C30H20BNO2.C30H17BO3.C30H17BO2S.C26H15BO3.2CH4/c1-3-11-21(12-4-1)32(22-13-5-2-6-14-22)23-19-28-30-29(20-23)34-27-18-10-8-16-25(27)31(30)24-15-7-9-17-26(24)33-28;1-4-10-24-20(7-1)21-15-18(13-14-25(21)32-24)19-16-28-30-29(17-19)34-27-12-6-3-9-23(27)31(30)22-8-2-5-11-26(22)33-28;1-6-12-28-20(7-1)21-15-18(13-14-29(21)34-28)19-16-26-30-27(17-19)33-25-11-5-3-9-23(25)31(30)22-8-2-4-10-24(22)32-26;1-4-10-20-16(7-1)13-23(28-20)17-14-24-26-25(15-17)30-22-12-6-3-9-19(22)27(26)18-8-2-5-11-21(18)29-24;;/h1-20H;2*1-17H;1-15H;2*1H4. The van der Waals surface area contributed by atoms with Crippen LogP contribution in [0.25, 0.3) is 86.7 Å². The van der Waals surface area contributed by atoms with Crippen LogP contribution in [0.1, 0.15) is 14.9 Å². The van der Waals surface area contributed by atoms with E-state index in [0.717, 1.165) is 197 Å². The third kappa shape index (κ3) is 13.1. The highest BCUT2D eigenvalue weighted by Gasteiger charge is 2.46. The molecule has 8 aliphatic rings. The molecule has 0 atom stereocenters. The quantitative estimate of drug-likeness (QED) is 0.149. The molecule has 11 heterocycles. The van der Waals surface area contributed by atoms with Crippen molar-refractivity contribution in [1.29, 1.82) is 0 Å². The van der Waals surface area contributed by atoms with Crippen LogP contribution in [0.2, 0.25) is 0 Å². The fourth-order valence-electron chi connectivity index (χ4n) is 20.7. The van der Waals surface area contributed by atoms with Crippen LogP contribution >= 0.6 is 11.3 Å². The zero-order valence-electron chi connectivity index (χ0n) is 70.6. The predicted octanol–water partition coefficient (Wildman–Crippen LogP) is 24.4. The summed E-state index contributed by atoms with van der Waals surface area (Å²) in [6.07, 6.45) is 0. The van der Waals surface area contributed by atoms with Crippen LogP contribution in [0.5, 0.6) is 92.0 Å². The van der Waals surface area contributed by atoms with Gasteiger partial charge in [-0.05, 0) is 224 Å². The summed E-state index contributed by atoms with van der Waals surface area (Å²) in [5.74, 6) is 14.8. The Morgan fingerprint density at radius 1 is 0.187 bits per heavy atom. The Hall–Kier alpha value is -16.8. The molecule has 0 unspecified atom stereocenters. The smallest absolute Gasteiger partial charge is 0.260 e. The van der Waals surface area contributed by atoms with Crippen LogP contribution in [0, 0.1) is 0 Å². The first kappa shape index (κ1) is 79.4. The first-order chi connectivity index (χ1) is 65.4. The molecule has 632 valence electrons. The van der Waals surface area contributed by atoms with E-state index in [1.54, 1.807) is 0 Å². The van der Waals surface area contributed by atoms with E-state index in [2.05, 4.69) is 296 Å². The van der Waals surface area contributed by atoms with E-state index in [4.69, 9.17) is 46.7 Å². The minimum Gasteiger partial charge on any atom is -0.458 e. The molecule has 0 saturated heterocycles. The van der Waals surface area contributed by atoms with Gasteiger partial charge >= 0.3 is 0 Å². The van der Waals surface area contributed by atoms with Crippen molar-refractivity contribution in [1.82, 2.24) is 0 Å². The van der Waals surface area contributed by atoms with Gasteiger partial charge in [0.15, 0.2) is 0 Å². The molecule has 8 aliphatic heterocycles. The van der Waals surface area contributed by atoms with Crippen LogP contribution in [-0.2, 0) is 0 Å². The van der Waals surface area contributed by atoms with Gasteiger partial charge in [-0.1, -0.05) is 264 Å². The van der Waals surface area contributed by atoms with Crippen molar-refractivity contribution in [2.24, 2.45) is 0 Å². The fraction of sp³-hybridized carbons (Fsp3) is 0.0169. The molecule has 11 nitrogen and oxygen atoms in total. The minimum absolute atomic E-state index is 0. The average Bonchev–Trinajstić information content (AvgIpc) is 0.960. The molecular weight excluding hydrogens is 1670 g/mol. The molecule has 0 amide bonds. The Labute approximate surface area is 779 Å². The van der Waals surface area contributed by atoms with Gasteiger partial charge in [0.1, 0.15) is 115 Å². The summed E-state index contributed by atoms with van der Waals surface area (Å²) in [4.78, 5) is 2.24. The normalized spacial score (nSPS) is 12.8. The maximum absolute atomic E-state index is 6.50. The summed E-state index contributed by atoms with van der Waals surface area (Å²) in [6, 6.07) is 144. The summed E-state index contributed by atoms with van der Waals surface area (Å²) in [7, 11) is 0. The number of rotatable bonds is 6. The Morgan fingerprint density at radius 3 is 0.881 bits per heavy atom. The summed E-state index contributed by atoms with van der Waals surface area (Å²) < 4.78 is 66.3. The Bertz CT molecular complexity index is 7910. The van der Waals surface area contributed by atoms with Crippen LogP contribution in [0.15, 0.2) is 427 Å². The van der Waals surface area contributed by atoms with Gasteiger partial charge < -0.3 is 51.6 Å². The monoisotopic (exact) mass is 1740 g/mol. The number of hydrogen-bond acceptors (Lipinski definition) is 12. The number of ether oxygens (including phenoxy) is 8. The SMILES string of the molecule is C.C.c1ccc(N(c2ccccc2)c2cc3c4c(c2)Oc2ccccc2B4c2ccccc2O3)cc1.c1ccc2c(c1)Oc1cc(-c3cc4ccccc4o3)cc3c1B2c1ccccc1O3.c1ccc2c(c1)Oc1cc(-c3ccc4oc5ccccc5c4c3)cc3c1B2c1ccccc1O3.c1ccc2c(c1)Oc1cc(-c3ccc4sc5ccccc5c4c3)cc3c1B2c1ccccc1O3. The molecule has 19 aromatic carbocycles. The van der Waals surface area contributed by atoms with Gasteiger partial charge in [-0.2, -0.15) is 0 Å². The second kappa shape index (κ2) is 32.1. The summed E-state index contributed by atoms with van der Waals surface area (Å²) >= 11 is 1.84. The number of anilines is 3. The molecule has 134 heavy (non-hydrogen) atoms. The number of nitrogens with zero attached hydrogens (tertiary/aromatic N) is 1. The molecule has 0 bridgehead atoms. The third-order valence-electron chi connectivity index (χ3n) is 26.6. The second-order valence-corrected chi connectivity index (χ2v) is 35.2. The first-order valence-electron chi connectivity index (χ1n) is 44.5. The zero-order valence-corrected chi connectivity index (χ0v) is 71.4. The third-order valence-corrected chi connectivity index (χ3v) is 27.7. The Morgan fingerprint density at radius 2 is 0.485 bits per heavy atom. The molecule has 0 fully saturated rings. The van der Waals surface area contributed by atoms with Crippen molar-refractivity contribution >= 4 is 174 Å². The molecule has 0 aliphatic carbocycles. The van der Waals surface area contributed by atoms with E-state index >= 15 is 0 Å². The lowest BCUT2D eigenvalue weighted by Crippen LogP contribution is -2.57. The molecule has 22 aromatic rings. The number of fused-ring (bicyclic) bond motifs is 23. The lowest BCUT2D eigenvalue weighted by molar-refractivity contribution is 0.464. The lowest BCUT2D eigenvalue weighted by Gasteiger charge is -2.34. The number of para-hydroxylation sites is 12. The zero-order chi connectivity index (χ0) is 86.6. The minimum atomic E-state index is 0. The number of benzene rings is 19. The van der Waals surface area contributed by atoms with Gasteiger partial charge in [0, 0.05) is 87.3 Å². The second-order valence-electron chi connectivity index (χ2n) is 34.1. The largest absolute Gasteiger partial charge is 0.458 e. The van der Waals surface area contributed by atoms with Crippen molar-refractivity contribution in [3.63, 3.8) is 0 Å². The van der Waals surface area contributed by atoms with Crippen LogP contribution < -0.4 is 108 Å². The Balaban J connectivity index is 0.0000000952. The maximum atomic E-state index is 6.50. The van der Waals surface area contributed by atoms with E-state index in [9.17, 15) is 0 Å². The van der Waals surface area contributed by atoms with E-state index < -0.39 is 0 Å². The van der Waals surface area contributed by atoms with E-state index in [0.29, 0.717) is 0 Å². The van der Waals surface area contributed by atoms with Crippen LogP contribution in [-0.4, -0.2) is 26.9 Å². The molecule has 3 aromatic heterocycles. The highest BCUT2D eigenvalue weighted by Crippen LogP contribution is 2.48. The average molecular weight is 1740 g/mol. The summed E-state index contributed by atoms with van der Waals surface area (Å²) in [6.45, 7) is 0.372.